The molecule has 1 amide bonds. The number of phenolic OH excluding ortho intramolecular Hbond substituents is 1. The molecule has 1 aromatic carbocycles. The summed E-state index contributed by atoms with van der Waals surface area (Å²) >= 11 is 0. The number of carbonyl (C=O) groups is 1. The lowest BCUT2D eigenvalue weighted by atomic mass is 9.65. The van der Waals surface area contributed by atoms with Crippen molar-refractivity contribution in [2.75, 3.05) is 20.7 Å². The average molecular weight is 493 g/mol. The first-order valence-electron chi connectivity index (χ1n) is 12.8. The van der Waals surface area contributed by atoms with Crippen molar-refractivity contribution in [3.63, 3.8) is 0 Å². The summed E-state index contributed by atoms with van der Waals surface area (Å²) < 4.78 is 12.5. The molecule has 0 spiro atoms. The third-order valence-electron chi connectivity index (χ3n) is 8.52. The van der Waals surface area contributed by atoms with E-state index in [-0.39, 0.29) is 47.2 Å². The highest BCUT2D eigenvalue weighted by Gasteiger charge is 2.42. The molecule has 0 radical (unpaired) electrons. The van der Waals surface area contributed by atoms with E-state index < -0.39 is 11.8 Å². The standard InChI is InChI=1S/C28H48N2O5/c1-18-16-23(19(2)26(3,4)12-13-28(7,29)27(5,6)14-15-31)35-25(34-18)21-17-20(10-11-22(21)32)24(33)30(8)9/h10-11,17-19,23,25,31-32H,12-16,29H2,1-9H3. The van der Waals surface area contributed by atoms with Gasteiger partial charge in [-0.05, 0) is 68.1 Å². The number of aliphatic hydroxyl groups is 1. The predicted molar refractivity (Wildman–Crippen MR) is 139 cm³/mol. The number of ether oxygens (including phenoxy) is 2. The molecule has 200 valence electrons. The van der Waals surface area contributed by atoms with Gasteiger partial charge in [-0.2, -0.15) is 0 Å². The zero-order chi connectivity index (χ0) is 26.8. The number of carbonyl (C=O) groups excluding carboxylic acids is 1. The van der Waals surface area contributed by atoms with Crippen molar-refractivity contribution in [1.29, 1.82) is 0 Å². The Labute approximate surface area is 212 Å². The first-order valence-corrected chi connectivity index (χ1v) is 12.8. The van der Waals surface area contributed by atoms with Crippen LogP contribution in [0.1, 0.15) is 96.4 Å². The fourth-order valence-corrected chi connectivity index (χ4v) is 4.66. The molecule has 1 aliphatic heterocycles. The minimum Gasteiger partial charge on any atom is -0.507 e. The molecule has 1 aliphatic rings. The van der Waals surface area contributed by atoms with E-state index in [0.29, 0.717) is 17.5 Å². The van der Waals surface area contributed by atoms with Crippen molar-refractivity contribution in [2.45, 2.75) is 98.2 Å². The Bertz CT molecular complexity index is 865. The summed E-state index contributed by atoms with van der Waals surface area (Å²) in [6.07, 6.45) is 2.25. The lowest BCUT2D eigenvalue weighted by Gasteiger charge is -2.46. The molecule has 1 heterocycles. The van der Waals surface area contributed by atoms with E-state index in [4.69, 9.17) is 15.2 Å². The Morgan fingerprint density at radius 2 is 1.77 bits per heavy atom. The summed E-state index contributed by atoms with van der Waals surface area (Å²) in [4.78, 5) is 14.0. The number of rotatable bonds is 10. The third kappa shape index (κ3) is 6.97. The molecule has 1 aromatic rings. The third-order valence-corrected chi connectivity index (χ3v) is 8.52. The van der Waals surface area contributed by atoms with Crippen LogP contribution in [0, 0.1) is 16.7 Å². The van der Waals surface area contributed by atoms with Gasteiger partial charge < -0.3 is 30.3 Å². The molecule has 2 rings (SSSR count). The van der Waals surface area contributed by atoms with Crippen molar-refractivity contribution in [1.82, 2.24) is 4.90 Å². The monoisotopic (exact) mass is 492 g/mol. The van der Waals surface area contributed by atoms with Crippen LogP contribution in [0.5, 0.6) is 5.75 Å². The van der Waals surface area contributed by atoms with Crippen LogP contribution in [-0.2, 0) is 9.47 Å². The fraction of sp³-hybridized carbons (Fsp3) is 0.750. The van der Waals surface area contributed by atoms with Gasteiger partial charge in [-0.25, -0.2) is 0 Å². The van der Waals surface area contributed by atoms with Gasteiger partial charge in [0.1, 0.15) is 5.75 Å². The van der Waals surface area contributed by atoms with E-state index in [0.717, 1.165) is 19.3 Å². The predicted octanol–water partition coefficient (Wildman–Crippen LogP) is 4.86. The van der Waals surface area contributed by atoms with Crippen molar-refractivity contribution >= 4 is 5.91 Å². The van der Waals surface area contributed by atoms with Crippen molar-refractivity contribution in [3.05, 3.63) is 29.3 Å². The molecule has 35 heavy (non-hydrogen) atoms. The fourth-order valence-electron chi connectivity index (χ4n) is 4.66. The van der Waals surface area contributed by atoms with Gasteiger partial charge in [0.25, 0.3) is 5.91 Å². The number of hydrogen-bond acceptors (Lipinski definition) is 6. The number of nitrogens with two attached hydrogens (primary N) is 1. The van der Waals surface area contributed by atoms with Crippen LogP contribution in [0.4, 0.5) is 0 Å². The van der Waals surface area contributed by atoms with Crippen LogP contribution in [0.3, 0.4) is 0 Å². The summed E-state index contributed by atoms with van der Waals surface area (Å²) in [5.74, 6) is 0.104. The molecule has 0 aliphatic carbocycles. The number of aliphatic hydroxyl groups excluding tert-OH is 1. The van der Waals surface area contributed by atoms with Crippen LogP contribution in [-0.4, -0.2) is 59.5 Å². The van der Waals surface area contributed by atoms with Gasteiger partial charge in [-0.3, -0.25) is 4.79 Å². The van der Waals surface area contributed by atoms with Gasteiger partial charge in [-0.1, -0.05) is 34.6 Å². The van der Waals surface area contributed by atoms with Gasteiger partial charge in [0.05, 0.1) is 17.8 Å². The quantitative estimate of drug-likeness (QED) is 0.431. The summed E-state index contributed by atoms with van der Waals surface area (Å²) in [6, 6.07) is 4.80. The molecular formula is C28H48N2O5. The number of hydrogen-bond donors (Lipinski definition) is 3. The largest absolute Gasteiger partial charge is 0.507 e. The number of benzene rings is 1. The van der Waals surface area contributed by atoms with Crippen LogP contribution in [0.15, 0.2) is 18.2 Å². The van der Waals surface area contributed by atoms with Gasteiger partial charge >= 0.3 is 0 Å². The maximum atomic E-state index is 12.5. The molecule has 0 aromatic heterocycles. The van der Waals surface area contributed by atoms with Crippen molar-refractivity contribution < 1.29 is 24.5 Å². The van der Waals surface area contributed by atoms with E-state index in [1.165, 1.54) is 11.0 Å². The SMILES string of the molecule is CC1CC(C(C)C(C)(C)CCC(C)(N)C(C)(C)CCO)OC(c2cc(C(=O)N(C)C)ccc2O)O1. The molecule has 0 saturated carbocycles. The van der Waals surface area contributed by atoms with Crippen LogP contribution in [0.2, 0.25) is 0 Å². The second-order valence-corrected chi connectivity index (χ2v) is 12.2. The lowest BCUT2D eigenvalue weighted by molar-refractivity contribution is -0.260. The normalized spacial score (nSPS) is 24.0. The Morgan fingerprint density at radius 3 is 2.34 bits per heavy atom. The lowest BCUT2D eigenvalue weighted by Crippen LogP contribution is -2.51. The summed E-state index contributed by atoms with van der Waals surface area (Å²) in [5, 5.41) is 20.0. The molecule has 1 fully saturated rings. The number of nitrogens with zero attached hydrogens (tertiary/aromatic N) is 1. The average Bonchev–Trinajstić information content (AvgIpc) is 2.76. The Hall–Kier alpha value is -1.67. The Kier molecular flexibility index (Phi) is 9.42. The van der Waals surface area contributed by atoms with Crippen molar-refractivity contribution in [3.8, 4) is 5.75 Å². The highest BCUT2D eigenvalue weighted by molar-refractivity contribution is 5.94. The summed E-state index contributed by atoms with van der Waals surface area (Å²) in [5.41, 5.74) is 7.04. The molecule has 7 heteroatoms. The minimum absolute atomic E-state index is 0.0510. The smallest absolute Gasteiger partial charge is 0.253 e. The van der Waals surface area contributed by atoms with Gasteiger partial charge in [0.15, 0.2) is 6.29 Å². The number of phenols is 1. The van der Waals surface area contributed by atoms with Gasteiger partial charge in [-0.15, -0.1) is 0 Å². The highest BCUT2D eigenvalue weighted by Crippen LogP contribution is 2.45. The minimum atomic E-state index is -0.750. The Balaban J connectivity index is 2.20. The van der Waals surface area contributed by atoms with Crippen LogP contribution >= 0.6 is 0 Å². The van der Waals surface area contributed by atoms with Crippen LogP contribution in [0.25, 0.3) is 0 Å². The highest BCUT2D eigenvalue weighted by atomic mass is 16.7. The first kappa shape index (κ1) is 29.6. The maximum Gasteiger partial charge on any atom is 0.253 e. The zero-order valence-electron chi connectivity index (χ0n) is 23.2. The molecule has 1 saturated heterocycles. The number of aromatic hydroxyl groups is 1. The van der Waals surface area contributed by atoms with E-state index >= 15 is 0 Å². The van der Waals surface area contributed by atoms with Gasteiger partial charge in [0, 0.05) is 38.2 Å². The van der Waals surface area contributed by atoms with Gasteiger partial charge in [0.2, 0.25) is 0 Å². The second kappa shape index (κ2) is 11.2. The van der Waals surface area contributed by atoms with E-state index in [2.05, 4.69) is 41.5 Å². The van der Waals surface area contributed by atoms with E-state index in [9.17, 15) is 15.0 Å². The molecule has 7 nitrogen and oxygen atoms in total. The second-order valence-electron chi connectivity index (χ2n) is 12.2. The topological polar surface area (TPSA) is 105 Å². The first-order chi connectivity index (χ1) is 16.0. The van der Waals surface area contributed by atoms with Crippen molar-refractivity contribution in [2.24, 2.45) is 22.5 Å². The molecular weight excluding hydrogens is 444 g/mol. The van der Waals surface area contributed by atoms with E-state index in [1.54, 1.807) is 26.2 Å². The molecule has 4 N–H and O–H groups in total. The van der Waals surface area contributed by atoms with Crippen LogP contribution < -0.4 is 5.73 Å². The summed E-state index contributed by atoms with van der Waals surface area (Å²) in [7, 11) is 3.39. The molecule has 5 unspecified atom stereocenters. The summed E-state index contributed by atoms with van der Waals surface area (Å²) in [6.45, 7) is 15.2. The molecule has 5 atom stereocenters. The number of amides is 1. The maximum absolute atomic E-state index is 12.5. The van der Waals surface area contributed by atoms with E-state index in [1.807, 2.05) is 6.92 Å². The zero-order valence-corrected chi connectivity index (χ0v) is 23.2. The Morgan fingerprint density at radius 1 is 1.14 bits per heavy atom. The molecule has 0 bridgehead atoms.